The van der Waals surface area contributed by atoms with Crippen LogP contribution in [0.25, 0.3) is 0 Å². The SMILES string of the molecule is Cl.Cl.N#Cc1cccc([C@@H](C2CCCC2)N2CCNCC2)c1O. The number of phenolic OH excluding ortho intramolecular Hbond substituents is 1. The molecule has 1 atom stereocenters. The molecular weight excluding hydrogens is 333 g/mol. The number of benzene rings is 1. The fourth-order valence-electron chi connectivity index (χ4n) is 3.87. The van der Waals surface area contributed by atoms with Crippen LogP contribution in [0.1, 0.15) is 42.9 Å². The number of aromatic hydroxyl groups is 1. The Bertz CT molecular complexity index is 535. The van der Waals surface area contributed by atoms with E-state index in [1.54, 1.807) is 6.07 Å². The van der Waals surface area contributed by atoms with Gasteiger partial charge in [0.2, 0.25) is 0 Å². The number of nitrogens with one attached hydrogen (secondary N) is 1. The standard InChI is InChI=1S/C17H23N3O.2ClH/c18-12-14-6-3-7-15(17(14)21)16(13-4-1-2-5-13)20-10-8-19-9-11-20;;/h3,6-7,13,16,19,21H,1-2,4-5,8-11H2;2*1H/t16-;;/m1../s1. The molecular formula is C17H25Cl2N3O. The van der Waals surface area contributed by atoms with Gasteiger partial charge in [-0.3, -0.25) is 4.90 Å². The molecule has 0 unspecified atom stereocenters. The van der Waals surface area contributed by atoms with E-state index in [0.29, 0.717) is 11.5 Å². The smallest absolute Gasteiger partial charge is 0.138 e. The van der Waals surface area contributed by atoms with Gasteiger partial charge in [-0.15, -0.1) is 24.8 Å². The Hall–Kier alpha value is -0.990. The van der Waals surface area contributed by atoms with E-state index in [-0.39, 0.29) is 36.6 Å². The average Bonchev–Trinajstić information content (AvgIpc) is 3.04. The molecule has 1 aromatic carbocycles. The number of halogens is 2. The summed E-state index contributed by atoms with van der Waals surface area (Å²) in [6.07, 6.45) is 5.02. The Morgan fingerprint density at radius 1 is 1.17 bits per heavy atom. The molecule has 1 aliphatic heterocycles. The van der Waals surface area contributed by atoms with Crippen molar-refractivity contribution >= 4 is 24.8 Å². The highest BCUT2D eigenvalue weighted by molar-refractivity contribution is 5.85. The summed E-state index contributed by atoms with van der Waals surface area (Å²) in [4.78, 5) is 2.49. The van der Waals surface area contributed by atoms with Gasteiger partial charge in [-0.1, -0.05) is 25.0 Å². The zero-order chi connectivity index (χ0) is 14.7. The highest BCUT2D eigenvalue weighted by Crippen LogP contribution is 2.43. The minimum absolute atomic E-state index is 0. The topological polar surface area (TPSA) is 59.3 Å². The molecule has 1 aromatic rings. The second kappa shape index (κ2) is 9.34. The van der Waals surface area contributed by atoms with Gasteiger partial charge in [0, 0.05) is 37.8 Å². The van der Waals surface area contributed by atoms with Crippen LogP contribution in [0.15, 0.2) is 18.2 Å². The summed E-state index contributed by atoms with van der Waals surface area (Å²) in [7, 11) is 0. The number of nitrogens with zero attached hydrogens (tertiary/aromatic N) is 2. The molecule has 0 spiro atoms. The number of para-hydroxylation sites is 1. The second-order valence-electron chi connectivity index (χ2n) is 6.13. The number of hydrogen-bond acceptors (Lipinski definition) is 4. The molecule has 1 saturated carbocycles. The van der Waals surface area contributed by atoms with Crippen molar-refractivity contribution in [2.45, 2.75) is 31.7 Å². The number of phenols is 1. The maximum atomic E-state index is 10.5. The fourth-order valence-corrected chi connectivity index (χ4v) is 3.87. The molecule has 0 radical (unpaired) electrons. The lowest BCUT2D eigenvalue weighted by molar-refractivity contribution is 0.123. The van der Waals surface area contributed by atoms with Crippen LogP contribution in [0.3, 0.4) is 0 Å². The molecule has 0 amide bonds. The van der Waals surface area contributed by atoms with Gasteiger partial charge in [0.05, 0.1) is 5.56 Å². The summed E-state index contributed by atoms with van der Waals surface area (Å²) in [6, 6.07) is 7.95. The van der Waals surface area contributed by atoms with Crippen LogP contribution in [-0.2, 0) is 0 Å². The quantitative estimate of drug-likeness (QED) is 0.871. The zero-order valence-electron chi connectivity index (χ0n) is 13.2. The molecule has 23 heavy (non-hydrogen) atoms. The Morgan fingerprint density at radius 3 is 2.43 bits per heavy atom. The number of nitriles is 1. The molecule has 1 aliphatic carbocycles. The third-order valence-corrected chi connectivity index (χ3v) is 4.90. The van der Waals surface area contributed by atoms with E-state index in [2.05, 4.69) is 16.3 Å². The van der Waals surface area contributed by atoms with E-state index >= 15 is 0 Å². The largest absolute Gasteiger partial charge is 0.506 e. The maximum Gasteiger partial charge on any atom is 0.138 e. The van der Waals surface area contributed by atoms with Gasteiger partial charge in [-0.25, -0.2) is 0 Å². The first-order valence-corrected chi connectivity index (χ1v) is 7.98. The molecule has 6 heteroatoms. The minimum Gasteiger partial charge on any atom is -0.506 e. The average molecular weight is 358 g/mol. The monoisotopic (exact) mass is 357 g/mol. The molecule has 0 aromatic heterocycles. The van der Waals surface area contributed by atoms with E-state index in [4.69, 9.17) is 5.26 Å². The molecule has 2 fully saturated rings. The van der Waals surface area contributed by atoms with Gasteiger partial charge in [-0.2, -0.15) is 5.26 Å². The number of hydrogen-bond donors (Lipinski definition) is 2. The maximum absolute atomic E-state index is 10.5. The fraction of sp³-hybridized carbons (Fsp3) is 0.588. The first-order chi connectivity index (χ1) is 10.3. The molecule has 128 valence electrons. The summed E-state index contributed by atoms with van der Waals surface area (Å²) < 4.78 is 0. The van der Waals surface area contributed by atoms with Crippen molar-refractivity contribution in [1.82, 2.24) is 10.2 Å². The summed E-state index contributed by atoms with van der Waals surface area (Å²) >= 11 is 0. The van der Waals surface area contributed by atoms with Crippen molar-refractivity contribution in [1.29, 1.82) is 5.26 Å². The van der Waals surface area contributed by atoms with E-state index in [9.17, 15) is 5.11 Å². The van der Waals surface area contributed by atoms with Crippen molar-refractivity contribution < 1.29 is 5.11 Å². The van der Waals surface area contributed by atoms with Crippen LogP contribution in [0.5, 0.6) is 5.75 Å². The molecule has 2 N–H and O–H groups in total. The first-order valence-electron chi connectivity index (χ1n) is 7.98. The molecule has 1 saturated heterocycles. The van der Waals surface area contributed by atoms with Crippen molar-refractivity contribution in [3.8, 4) is 11.8 Å². The van der Waals surface area contributed by atoms with Gasteiger partial charge in [0.25, 0.3) is 0 Å². The third-order valence-electron chi connectivity index (χ3n) is 4.90. The summed E-state index contributed by atoms with van der Waals surface area (Å²) in [5, 5.41) is 23.0. The summed E-state index contributed by atoms with van der Waals surface area (Å²) in [5.41, 5.74) is 1.34. The predicted molar refractivity (Wildman–Crippen MR) is 96.5 cm³/mol. The Labute approximate surface area is 150 Å². The minimum atomic E-state index is 0. The molecule has 0 bridgehead atoms. The predicted octanol–water partition coefficient (Wildman–Crippen LogP) is 3.24. The Morgan fingerprint density at radius 2 is 1.83 bits per heavy atom. The van der Waals surface area contributed by atoms with Gasteiger partial charge in [0.1, 0.15) is 11.8 Å². The van der Waals surface area contributed by atoms with E-state index in [1.165, 1.54) is 25.7 Å². The van der Waals surface area contributed by atoms with Gasteiger partial charge in [0.15, 0.2) is 0 Å². The molecule has 3 rings (SSSR count). The molecule has 1 heterocycles. The normalized spacial score (nSPS) is 20.1. The Balaban J connectivity index is 0.00000132. The van der Waals surface area contributed by atoms with Gasteiger partial charge in [-0.05, 0) is 24.8 Å². The van der Waals surface area contributed by atoms with Crippen molar-refractivity contribution in [3.63, 3.8) is 0 Å². The number of rotatable bonds is 3. The van der Waals surface area contributed by atoms with Crippen LogP contribution < -0.4 is 5.32 Å². The van der Waals surface area contributed by atoms with Gasteiger partial charge < -0.3 is 10.4 Å². The van der Waals surface area contributed by atoms with Crippen molar-refractivity contribution in [2.75, 3.05) is 26.2 Å². The second-order valence-corrected chi connectivity index (χ2v) is 6.13. The summed E-state index contributed by atoms with van der Waals surface area (Å²) in [5.74, 6) is 0.790. The van der Waals surface area contributed by atoms with Crippen molar-refractivity contribution in [2.24, 2.45) is 5.92 Å². The lowest BCUT2D eigenvalue weighted by Crippen LogP contribution is -2.46. The highest BCUT2D eigenvalue weighted by Gasteiger charge is 2.33. The molecule has 4 nitrogen and oxygen atoms in total. The molecule has 2 aliphatic rings. The van der Waals surface area contributed by atoms with E-state index in [0.717, 1.165) is 31.7 Å². The zero-order valence-corrected chi connectivity index (χ0v) is 14.8. The van der Waals surface area contributed by atoms with E-state index < -0.39 is 0 Å². The Kier molecular flexibility index (Phi) is 8.15. The van der Waals surface area contributed by atoms with Crippen LogP contribution >= 0.6 is 24.8 Å². The van der Waals surface area contributed by atoms with Crippen LogP contribution in [-0.4, -0.2) is 36.2 Å². The van der Waals surface area contributed by atoms with Crippen LogP contribution in [0.2, 0.25) is 0 Å². The summed E-state index contributed by atoms with van der Waals surface area (Å²) in [6.45, 7) is 4.03. The lowest BCUT2D eigenvalue weighted by atomic mass is 9.88. The third kappa shape index (κ3) is 4.30. The highest BCUT2D eigenvalue weighted by atomic mass is 35.5. The van der Waals surface area contributed by atoms with E-state index in [1.807, 2.05) is 12.1 Å². The van der Waals surface area contributed by atoms with Crippen LogP contribution in [0, 0.1) is 17.2 Å². The number of piperazine rings is 1. The lowest BCUT2D eigenvalue weighted by Gasteiger charge is -2.39. The van der Waals surface area contributed by atoms with Crippen LogP contribution in [0.4, 0.5) is 0 Å². The van der Waals surface area contributed by atoms with Gasteiger partial charge >= 0.3 is 0 Å². The van der Waals surface area contributed by atoms with Crippen molar-refractivity contribution in [3.05, 3.63) is 29.3 Å². The first kappa shape index (κ1) is 20.1.